The maximum atomic E-state index is 12.0. The van der Waals surface area contributed by atoms with E-state index in [2.05, 4.69) is 16.0 Å². The summed E-state index contributed by atoms with van der Waals surface area (Å²) in [5.41, 5.74) is 2.49. The minimum Gasteiger partial charge on any atom is -0.355 e. The Morgan fingerprint density at radius 3 is 1.45 bits per heavy atom. The Kier molecular flexibility index (Phi) is 9.42. The van der Waals surface area contributed by atoms with Gasteiger partial charge < -0.3 is 16.0 Å². The number of ketones is 1. The second-order valence-corrected chi connectivity index (χ2v) is 7.30. The van der Waals surface area contributed by atoms with Crippen LogP contribution in [0, 0.1) is 0 Å². The van der Waals surface area contributed by atoms with Gasteiger partial charge in [0.05, 0.1) is 0 Å². The fraction of sp³-hybridized carbons (Fsp3) is 0.333. The average Bonchev–Trinajstić information content (AvgIpc) is 2.76. The van der Waals surface area contributed by atoms with Crippen LogP contribution in [0.15, 0.2) is 48.5 Å². The van der Waals surface area contributed by atoms with Gasteiger partial charge in [-0.05, 0) is 68.3 Å². The molecule has 2 rings (SSSR count). The molecule has 7 heteroatoms. The van der Waals surface area contributed by atoms with Gasteiger partial charge >= 0.3 is 0 Å². The fourth-order valence-corrected chi connectivity index (χ4v) is 3.01. The van der Waals surface area contributed by atoms with Crippen LogP contribution in [-0.2, 0) is 9.59 Å². The number of nitrogens with one attached hydrogen (secondary N) is 3. The highest BCUT2D eigenvalue weighted by molar-refractivity contribution is 5.96. The highest BCUT2D eigenvalue weighted by Crippen LogP contribution is 2.13. The van der Waals surface area contributed by atoms with Crippen molar-refractivity contribution in [2.75, 3.05) is 17.7 Å². The zero-order valence-electron chi connectivity index (χ0n) is 18.0. The van der Waals surface area contributed by atoms with Gasteiger partial charge in [-0.3, -0.25) is 19.2 Å². The molecule has 2 aromatic carbocycles. The van der Waals surface area contributed by atoms with E-state index in [1.807, 2.05) is 0 Å². The number of Topliss-reactive ketones (excluding diaryl/α,β-unsaturated/α-hetero) is 1. The van der Waals surface area contributed by atoms with Crippen LogP contribution in [0.2, 0.25) is 0 Å². The van der Waals surface area contributed by atoms with E-state index in [9.17, 15) is 19.2 Å². The van der Waals surface area contributed by atoms with Crippen LogP contribution in [0.3, 0.4) is 0 Å². The summed E-state index contributed by atoms with van der Waals surface area (Å²) in [4.78, 5) is 46.8. The number of carbonyl (C=O) groups excluding carboxylic acids is 4. The lowest BCUT2D eigenvalue weighted by atomic mass is 10.1. The number of hydrogen-bond donors (Lipinski definition) is 3. The zero-order chi connectivity index (χ0) is 22.6. The average molecular weight is 424 g/mol. The van der Waals surface area contributed by atoms with Gasteiger partial charge in [-0.1, -0.05) is 12.8 Å². The molecule has 0 aromatic heterocycles. The van der Waals surface area contributed by atoms with Crippen molar-refractivity contribution in [2.24, 2.45) is 0 Å². The minimum atomic E-state index is -0.169. The molecule has 0 unspecified atom stereocenters. The number of hydrogen-bond acceptors (Lipinski definition) is 4. The molecule has 2 aromatic rings. The fourth-order valence-electron chi connectivity index (χ4n) is 3.01. The molecule has 0 aliphatic rings. The smallest absolute Gasteiger partial charge is 0.251 e. The maximum absolute atomic E-state index is 12.0. The number of rotatable bonds is 11. The Labute approximate surface area is 182 Å². The minimum absolute atomic E-state index is 0.00882. The SMILES string of the molecule is CNC(=O)c1ccc(NC(=O)CCCCCCC(=O)Nc2ccc(C(C)=O)cc2)cc1. The van der Waals surface area contributed by atoms with Crippen LogP contribution in [0.25, 0.3) is 0 Å². The van der Waals surface area contributed by atoms with E-state index in [1.165, 1.54) is 6.92 Å². The van der Waals surface area contributed by atoms with Crippen molar-refractivity contribution in [1.82, 2.24) is 5.32 Å². The molecule has 0 saturated carbocycles. The Hall–Kier alpha value is -3.48. The highest BCUT2D eigenvalue weighted by Gasteiger charge is 2.06. The van der Waals surface area contributed by atoms with E-state index in [1.54, 1.807) is 55.6 Å². The highest BCUT2D eigenvalue weighted by atomic mass is 16.2. The van der Waals surface area contributed by atoms with Crippen LogP contribution >= 0.6 is 0 Å². The molecule has 0 aliphatic carbocycles. The van der Waals surface area contributed by atoms with E-state index in [0.29, 0.717) is 35.3 Å². The van der Waals surface area contributed by atoms with Gasteiger partial charge in [0.1, 0.15) is 0 Å². The maximum Gasteiger partial charge on any atom is 0.251 e. The predicted molar refractivity (Wildman–Crippen MR) is 121 cm³/mol. The van der Waals surface area contributed by atoms with Crippen LogP contribution in [0.4, 0.5) is 11.4 Å². The monoisotopic (exact) mass is 423 g/mol. The molecule has 0 radical (unpaired) electrons. The first kappa shape index (κ1) is 23.8. The Morgan fingerprint density at radius 1 is 0.645 bits per heavy atom. The second kappa shape index (κ2) is 12.3. The van der Waals surface area contributed by atoms with Crippen LogP contribution < -0.4 is 16.0 Å². The molecule has 0 bridgehead atoms. The summed E-state index contributed by atoms with van der Waals surface area (Å²) in [5.74, 6) is -0.309. The van der Waals surface area contributed by atoms with Crippen molar-refractivity contribution in [3.8, 4) is 0 Å². The van der Waals surface area contributed by atoms with Gasteiger partial charge in [0, 0.05) is 42.4 Å². The summed E-state index contributed by atoms with van der Waals surface area (Å²) in [7, 11) is 1.57. The molecule has 31 heavy (non-hydrogen) atoms. The normalized spacial score (nSPS) is 10.3. The van der Waals surface area contributed by atoms with Gasteiger partial charge in [-0.15, -0.1) is 0 Å². The molecule has 7 nitrogen and oxygen atoms in total. The summed E-state index contributed by atoms with van der Waals surface area (Å²) in [6, 6.07) is 13.6. The topological polar surface area (TPSA) is 104 Å². The first-order valence-corrected chi connectivity index (χ1v) is 10.4. The molecule has 0 saturated heterocycles. The number of carbonyl (C=O) groups is 4. The molecule has 0 spiro atoms. The molecule has 0 aliphatic heterocycles. The number of benzene rings is 2. The van der Waals surface area contributed by atoms with Crippen LogP contribution in [0.5, 0.6) is 0 Å². The van der Waals surface area contributed by atoms with Crippen molar-refractivity contribution in [3.05, 3.63) is 59.7 Å². The van der Waals surface area contributed by atoms with Crippen molar-refractivity contribution in [3.63, 3.8) is 0 Å². The van der Waals surface area contributed by atoms with E-state index in [4.69, 9.17) is 0 Å². The summed E-state index contributed by atoms with van der Waals surface area (Å²) >= 11 is 0. The molecule has 3 amide bonds. The molecular weight excluding hydrogens is 394 g/mol. The number of amides is 3. The third-order valence-corrected chi connectivity index (χ3v) is 4.79. The Bertz CT molecular complexity index is 905. The molecule has 164 valence electrons. The van der Waals surface area contributed by atoms with Gasteiger partial charge in [0.25, 0.3) is 5.91 Å². The van der Waals surface area contributed by atoms with Crippen molar-refractivity contribution in [1.29, 1.82) is 0 Å². The van der Waals surface area contributed by atoms with Gasteiger partial charge in [-0.2, -0.15) is 0 Å². The van der Waals surface area contributed by atoms with E-state index < -0.39 is 0 Å². The zero-order valence-corrected chi connectivity index (χ0v) is 18.0. The van der Waals surface area contributed by atoms with Crippen LogP contribution in [0.1, 0.15) is 66.2 Å². The quantitative estimate of drug-likeness (QED) is 0.373. The summed E-state index contributed by atoms with van der Waals surface area (Å²) in [5, 5.41) is 8.19. The molecular formula is C24H29N3O4. The summed E-state index contributed by atoms with van der Waals surface area (Å²) in [6.45, 7) is 1.50. The standard InChI is InChI=1S/C24H29N3O4/c1-17(28)18-9-13-20(14-10-18)26-22(29)7-5-3-4-6-8-23(30)27-21-15-11-19(12-16-21)24(31)25-2/h9-16H,3-8H2,1-2H3,(H,25,31)(H,26,29)(H,27,30). The number of unbranched alkanes of at least 4 members (excludes halogenated alkanes) is 3. The summed E-state index contributed by atoms with van der Waals surface area (Å²) in [6.07, 6.45) is 4.05. The van der Waals surface area contributed by atoms with Gasteiger partial charge in [-0.25, -0.2) is 0 Å². The molecule has 0 fully saturated rings. The third-order valence-electron chi connectivity index (χ3n) is 4.79. The largest absolute Gasteiger partial charge is 0.355 e. The Balaban J connectivity index is 1.58. The first-order valence-electron chi connectivity index (χ1n) is 10.4. The molecule has 0 atom stereocenters. The van der Waals surface area contributed by atoms with Crippen molar-refractivity contribution >= 4 is 34.9 Å². The first-order chi connectivity index (χ1) is 14.9. The van der Waals surface area contributed by atoms with E-state index >= 15 is 0 Å². The molecule has 3 N–H and O–H groups in total. The van der Waals surface area contributed by atoms with E-state index in [0.717, 1.165) is 25.7 Å². The van der Waals surface area contributed by atoms with E-state index in [-0.39, 0.29) is 23.5 Å². The van der Waals surface area contributed by atoms with Gasteiger partial charge in [0.15, 0.2) is 5.78 Å². The molecule has 0 heterocycles. The number of anilines is 2. The third kappa shape index (κ3) is 8.42. The Morgan fingerprint density at radius 2 is 1.06 bits per heavy atom. The predicted octanol–water partition coefficient (Wildman–Crippen LogP) is 4.17. The van der Waals surface area contributed by atoms with Gasteiger partial charge in [0.2, 0.25) is 11.8 Å². The van der Waals surface area contributed by atoms with Crippen LogP contribution in [-0.4, -0.2) is 30.6 Å². The summed E-state index contributed by atoms with van der Waals surface area (Å²) < 4.78 is 0. The second-order valence-electron chi connectivity index (χ2n) is 7.30. The van der Waals surface area contributed by atoms with Crippen molar-refractivity contribution in [2.45, 2.75) is 45.4 Å². The lowest BCUT2D eigenvalue weighted by Gasteiger charge is -2.07. The van der Waals surface area contributed by atoms with Crippen molar-refractivity contribution < 1.29 is 19.2 Å². The lowest BCUT2D eigenvalue weighted by molar-refractivity contribution is -0.117. The lowest BCUT2D eigenvalue weighted by Crippen LogP contribution is -2.17.